The Balaban J connectivity index is 2.57. The Kier molecular flexibility index (Phi) is 5.52. The number of urea groups is 1. The number of hydrogen-bond donors (Lipinski definition) is 2. The highest BCUT2D eigenvalue weighted by Gasteiger charge is 2.13. The third-order valence-corrected chi connectivity index (χ3v) is 2.40. The molecule has 0 saturated carbocycles. The molecule has 0 saturated heterocycles. The number of anilines is 1. The van der Waals surface area contributed by atoms with Gasteiger partial charge >= 0.3 is 18.0 Å². The molecule has 1 aromatic rings. The maximum Gasteiger partial charge on any atom is 0.335 e. The first-order valence-corrected chi connectivity index (χ1v) is 5.95. The average molecular weight is 280 g/mol. The number of nitrogens with one attached hydrogen (secondary N) is 1. The molecule has 0 spiro atoms. The van der Waals surface area contributed by atoms with E-state index >= 15 is 0 Å². The third kappa shape index (κ3) is 4.60. The summed E-state index contributed by atoms with van der Waals surface area (Å²) in [5.41, 5.74) is 0.568. The van der Waals surface area contributed by atoms with E-state index in [1.807, 2.05) is 0 Å². The Bertz CT molecular complexity index is 498. The van der Waals surface area contributed by atoms with Crippen LogP contribution in [0.3, 0.4) is 0 Å². The van der Waals surface area contributed by atoms with E-state index in [9.17, 15) is 14.4 Å². The minimum atomic E-state index is -1.04. The standard InChI is InChI=1S/C13H16N2O5/c1-3-20-11(16)8-15(2)13(19)14-10-6-4-9(5-7-10)12(17)18/h4-7H,3,8H2,1-2H3,(H,14,19)(H,17,18). The lowest BCUT2D eigenvalue weighted by molar-refractivity contribution is -0.143. The molecular weight excluding hydrogens is 264 g/mol. The summed E-state index contributed by atoms with van der Waals surface area (Å²) in [5, 5.41) is 11.3. The number of nitrogens with zero attached hydrogens (tertiary/aromatic N) is 1. The van der Waals surface area contributed by atoms with Gasteiger partial charge in [0.1, 0.15) is 6.54 Å². The Morgan fingerprint density at radius 1 is 1.25 bits per heavy atom. The van der Waals surface area contributed by atoms with Crippen LogP contribution in [0, 0.1) is 0 Å². The number of carboxylic acids is 1. The van der Waals surface area contributed by atoms with Crippen molar-refractivity contribution in [1.82, 2.24) is 4.90 Å². The van der Waals surface area contributed by atoms with Gasteiger partial charge in [0.25, 0.3) is 0 Å². The zero-order chi connectivity index (χ0) is 15.1. The topological polar surface area (TPSA) is 95.9 Å². The number of benzene rings is 1. The van der Waals surface area contributed by atoms with Gasteiger partial charge in [-0.1, -0.05) is 0 Å². The number of carbonyl (C=O) groups excluding carboxylic acids is 2. The van der Waals surface area contributed by atoms with E-state index in [0.29, 0.717) is 5.69 Å². The van der Waals surface area contributed by atoms with E-state index in [2.05, 4.69) is 5.32 Å². The lowest BCUT2D eigenvalue weighted by atomic mass is 10.2. The second-order valence-corrected chi connectivity index (χ2v) is 3.97. The van der Waals surface area contributed by atoms with Crippen molar-refractivity contribution in [2.75, 3.05) is 25.5 Å². The second-order valence-electron chi connectivity index (χ2n) is 3.97. The second kappa shape index (κ2) is 7.13. The zero-order valence-corrected chi connectivity index (χ0v) is 11.3. The Labute approximate surface area is 116 Å². The number of ether oxygens (including phenoxy) is 1. The molecule has 7 nitrogen and oxygen atoms in total. The number of aromatic carboxylic acids is 1. The normalized spacial score (nSPS) is 9.70. The third-order valence-electron chi connectivity index (χ3n) is 2.40. The van der Waals surface area contributed by atoms with Gasteiger partial charge < -0.3 is 20.1 Å². The molecular formula is C13H16N2O5. The molecule has 0 atom stereocenters. The fourth-order valence-corrected chi connectivity index (χ4v) is 1.39. The largest absolute Gasteiger partial charge is 0.478 e. The predicted molar refractivity (Wildman–Crippen MR) is 71.7 cm³/mol. The van der Waals surface area contributed by atoms with Gasteiger partial charge in [-0.3, -0.25) is 4.79 Å². The van der Waals surface area contributed by atoms with Gasteiger partial charge in [0.05, 0.1) is 12.2 Å². The molecule has 20 heavy (non-hydrogen) atoms. The summed E-state index contributed by atoms with van der Waals surface area (Å²) in [5.74, 6) is -1.53. The SMILES string of the molecule is CCOC(=O)CN(C)C(=O)Nc1ccc(C(=O)O)cc1. The van der Waals surface area contributed by atoms with Crippen LogP contribution in [0.2, 0.25) is 0 Å². The van der Waals surface area contributed by atoms with Crippen molar-refractivity contribution < 1.29 is 24.2 Å². The minimum absolute atomic E-state index is 0.128. The molecule has 108 valence electrons. The zero-order valence-electron chi connectivity index (χ0n) is 11.3. The van der Waals surface area contributed by atoms with Gasteiger partial charge in [-0.15, -0.1) is 0 Å². The van der Waals surface area contributed by atoms with Crippen LogP contribution in [0.4, 0.5) is 10.5 Å². The minimum Gasteiger partial charge on any atom is -0.478 e. The Morgan fingerprint density at radius 3 is 2.35 bits per heavy atom. The quantitative estimate of drug-likeness (QED) is 0.795. The van der Waals surface area contributed by atoms with Crippen molar-refractivity contribution >= 4 is 23.7 Å². The summed E-state index contributed by atoms with van der Waals surface area (Å²) >= 11 is 0. The van der Waals surface area contributed by atoms with E-state index in [1.165, 1.54) is 36.2 Å². The van der Waals surface area contributed by atoms with E-state index in [4.69, 9.17) is 9.84 Å². The first-order chi connectivity index (χ1) is 9.43. The summed E-state index contributed by atoms with van der Waals surface area (Å²) in [6.45, 7) is 1.78. The van der Waals surface area contributed by atoms with Crippen LogP contribution in [0.5, 0.6) is 0 Å². The fourth-order valence-electron chi connectivity index (χ4n) is 1.39. The van der Waals surface area contributed by atoms with Crippen molar-refractivity contribution in [1.29, 1.82) is 0 Å². The highest BCUT2D eigenvalue weighted by molar-refractivity contribution is 5.92. The van der Waals surface area contributed by atoms with Crippen LogP contribution in [-0.4, -0.2) is 48.2 Å². The van der Waals surface area contributed by atoms with E-state index in [-0.39, 0.29) is 18.7 Å². The fraction of sp³-hybridized carbons (Fsp3) is 0.308. The summed E-state index contributed by atoms with van der Waals surface area (Å²) < 4.78 is 4.73. The smallest absolute Gasteiger partial charge is 0.335 e. The molecule has 2 N–H and O–H groups in total. The maximum atomic E-state index is 11.8. The van der Waals surface area contributed by atoms with Crippen LogP contribution >= 0.6 is 0 Å². The summed E-state index contributed by atoms with van der Waals surface area (Å²) in [7, 11) is 1.46. The monoisotopic (exact) mass is 280 g/mol. The van der Waals surface area contributed by atoms with Gasteiger partial charge in [-0.05, 0) is 31.2 Å². The molecule has 0 aromatic heterocycles. The number of hydrogen-bond acceptors (Lipinski definition) is 4. The highest BCUT2D eigenvalue weighted by atomic mass is 16.5. The average Bonchev–Trinajstić information content (AvgIpc) is 2.39. The molecule has 0 unspecified atom stereocenters. The van der Waals surface area contributed by atoms with E-state index < -0.39 is 18.0 Å². The van der Waals surface area contributed by atoms with Crippen LogP contribution in [0.15, 0.2) is 24.3 Å². The van der Waals surface area contributed by atoms with E-state index in [1.54, 1.807) is 6.92 Å². The molecule has 1 rings (SSSR count). The molecule has 0 aliphatic carbocycles. The number of amides is 2. The van der Waals surface area contributed by atoms with Crippen LogP contribution in [0.25, 0.3) is 0 Å². The Morgan fingerprint density at radius 2 is 1.85 bits per heavy atom. The van der Waals surface area contributed by atoms with Gasteiger partial charge in [0.15, 0.2) is 0 Å². The number of likely N-dealkylation sites (N-methyl/N-ethyl adjacent to an activating group) is 1. The van der Waals surface area contributed by atoms with Gasteiger partial charge in [0.2, 0.25) is 0 Å². The van der Waals surface area contributed by atoms with Crippen LogP contribution in [0.1, 0.15) is 17.3 Å². The lowest BCUT2D eigenvalue weighted by Gasteiger charge is -2.16. The van der Waals surface area contributed by atoms with Gasteiger partial charge in [0, 0.05) is 12.7 Å². The van der Waals surface area contributed by atoms with E-state index in [0.717, 1.165) is 0 Å². The first-order valence-electron chi connectivity index (χ1n) is 5.95. The molecule has 2 amide bonds. The van der Waals surface area contributed by atoms with Crippen molar-refractivity contribution in [3.05, 3.63) is 29.8 Å². The molecule has 1 aromatic carbocycles. The van der Waals surface area contributed by atoms with Gasteiger partial charge in [-0.2, -0.15) is 0 Å². The molecule has 0 aliphatic rings. The Hall–Kier alpha value is -2.57. The molecule has 0 radical (unpaired) electrons. The highest BCUT2D eigenvalue weighted by Crippen LogP contribution is 2.10. The van der Waals surface area contributed by atoms with Crippen LogP contribution in [-0.2, 0) is 9.53 Å². The molecule has 0 heterocycles. The number of rotatable bonds is 5. The number of carbonyl (C=O) groups is 3. The maximum absolute atomic E-state index is 11.8. The van der Waals surface area contributed by atoms with Crippen molar-refractivity contribution in [2.24, 2.45) is 0 Å². The van der Waals surface area contributed by atoms with Gasteiger partial charge in [-0.25, -0.2) is 9.59 Å². The lowest BCUT2D eigenvalue weighted by Crippen LogP contribution is -2.36. The summed E-state index contributed by atoms with van der Waals surface area (Å²) in [6.07, 6.45) is 0. The summed E-state index contributed by atoms with van der Waals surface area (Å²) in [6, 6.07) is 5.22. The number of carboxylic acid groups (broad SMARTS) is 1. The number of esters is 1. The van der Waals surface area contributed by atoms with Crippen LogP contribution < -0.4 is 5.32 Å². The summed E-state index contributed by atoms with van der Waals surface area (Å²) in [4.78, 5) is 34.8. The molecule has 0 fully saturated rings. The molecule has 7 heteroatoms. The van der Waals surface area contributed by atoms with Crippen molar-refractivity contribution in [3.63, 3.8) is 0 Å². The molecule has 0 aliphatic heterocycles. The predicted octanol–water partition coefficient (Wildman–Crippen LogP) is 1.41. The van der Waals surface area contributed by atoms with Crippen molar-refractivity contribution in [2.45, 2.75) is 6.92 Å². The molecule has 0 bridgehead atoms. The van der Waals surface area contributed by atoms with Crippen molar-refractivity contribution in [3.8, 4) is 0 Å². The first kappa shape index (κ1) is 15.5.